The van der Waals surface area contributed by atoms with Crippen LogP contribution in [0.3, 0.4) is 0 Å². The van der Waals surface area contributed by atoms with Gasteiger partial charge in [0.25, 0.3) is 5.91 Å². The zero-order valence-electron chi connectivity index (χ0n) is 19.2. The van der Waals surface area contributed by atoms with Crippen molar-refractivity contribution < 1.29 is 9.59 Å². The first-order valence-corrected chi connectivity index (χ1v) is 11.7. The summed E-state index contributed by atoms with van der Waals surface area (Å²) in [5, 5.41) is 5.97. The average molecular weight is 458 g/mol. The second kappa shape index (κ2) is 11.5. The molecule has 1 aromatic heterocycles. The van der Waals surface area contributed by atoms with Crippen molar-refractivity contribution in [1.29, 1.82) is 0 Å². The fourth-order valence-electron chi connectivity index (χ4n) is 4.20. The summed E-state index contributed by atoms with van der Waals surface area (Å²) in [6, 6.07) is 20.8. The van der Waals surface area contributed by atoms with Gasteiger partial charge >= 0.3 is 0 Å². The van der Waals surface area contributed by atoms with E-state index in [9.17, 15) is 9.59 Å². The van der Waals surface area contributed by atoms with Gasteiger partial charge in [0, 0.05) is 61.8 Å². The Labute approximate surface area is 200 Å². The van der Waals surface area contributed by atoms with E-state index in [0.717, 1.165) is 38.0 Å². The molecule has 1 aliphatic heterocycles. The molecule has 1 aliphatic rings. The largest absolute Gasteiger partial charge is 0.353 e. The maximum Gasteiger partial charge on any atom is 0.255 e. The number of aromatic nitrogens is 1. The maximum atomic E-state index is 12.6. The summed E-state index contributed by atoms with van der Waals surface area (Å²) in [5.74, 6) is -0.240. The Morgan fingerprint density at radius 2 is 1.65 bits per heavy atom. The lowest BCUT2D eigenvalue weighted by atomic mass is 10.0. The van der Waals surface area contributed by atoms with Gasteiger partial charge in [-0.2, -0.15) is 0 Å². The van der Waals surface area contributed by atoms with E-state index < -0.39 is 6.04 Å². The van der Waals surface area contributed by atoms with E-state index in [0.29, 0.717) is 11.3 Å². The Bertz CT molecular complexity index is 1070. The van der Waals surface area contributed by atoms with E-state index in [1.807, 2.05) is 18.2 Å². The maximum absolute atomic E-state index is 12.6. The lowest BCUT2D eigenvalue weighted by molar-refractivity contribution is -0.122. The number of hydrogen-bond donors (Lipinski definition) is 3. The lowest BCUT2D eigenvalue weighted by Crippen LogP contribution is -2.44. The van der Waals surface area contributed by atoms with Crippen molar-refractivity contribution in [1.82, 2.24) is 15.2 Å². The van der Waals surface area contributed by atoms with Gasteiger partial charge in [0.1, 0.15) is 0 Å². The highest BCUT2D eigenvalue weighted by Crippen LogP contribution is 2.18. The quantitative estimate of drug-likeness (QED) is 0.481. The van der Waals surface area contributed by atoms with Crippen LogP contribution >= 0.6 is 0 Å². The van der Waals surface area contributed by atoms with E-state index in [1.54, 1.807) is 36.7 Å². The van der Waals surface area contributed by atoms with Gasteiger partial charge in [0.2, 0.25) is 5.91 Å². The molecule has 7 nitrogen and oxygen atoms in total. The van der Waals surface area contributed by atoms with Crippen molar-refractivity contribution in [3.63, 3.8) is 0 Å². The van der Waals surface area contributed by atoms with Crippen molar-refractivity contribution in [2.75, 3.05) is 18.4 Å². The molecule has 0 saturated carbocycles. The zero-order chi connectivity index (χ0) is 23.8. The van der Waals surface area contributed by atoms with E-state index in [-0.39, 0.29) is 24.3 Å². The molecule has 1 unspecified atom stereocenters. The number of nitrogens with two attached hydrogens (primary N) is 1. The van der Waals surface area contributed by atoms with Gasteiger partial charge in [0.15, 0.2) is 0 Å². The second-order valence-electron chi connectivity index (χ2n) is 8.73. The van der Waals surface area contributed by atoms with Crippen LogP contribution in [0.2, 0.25) is 0 Å². The normalized spacial score (nSPS) is 15.4. The SMILES string of the molecule is NC(CC(=O)NC1CCN(Cc2ccccc2)CC1)c1ccc(C(=O)Nc2ccncc2)cc1. The van der Waals surface area contributed by atoms with Crippen LogP contribution in [-0.4, -0.2) is 40.8 Å². The standard InChI is InChI=1S/C27H31N5O2/c28-25(21-6-8-22(9-7-21)27(34)31-23-10-14-29-15-11-23)18-26(33)30-24-12-16-32(17-13-24)19-20-4-2-1-3-5-20/h1-11,14-15,24-25H,12-13,16-19,28H2,(H,30,33)(H,29,31,34). The highest BCUT2D eigenvalue weighted by molar-refractivity contribution is 6.04. The van der Waals surface area contributed by atoms with Crippen molar-refractivity contribution >= 4 is 17.5 Å². The van der Waals surface area contributed by atoms with Crippen molar-refractivity contribution in [2.24, 2.45) is 5.73 Å². The highest BCUT2D eigenvalue weighted by atomic mass is 16.2. The molecule has 4 N–H and O–H groups in total. The van der Waals surface area contributed by atoms with Crippen molar-refractivity contribution in [3.05, 3.63) is 95.8 Å². The van der Waals surface area contributed by atoms with Crippen LogP contribution in [0, 0.1) is 0 Å². The Balaban J connectivity index is 1.21. The first kappa shape index (κ1) is 23.6. The number of amides is 2. The molecule has 0 aliphatic carbocycles. The van der Waals surface area contributed by atoms with E-state index in [4.69, 9.17) is 5.73 Å². The molecule has 4 rings (SSSR count). The number of carbonyl (C=O) groups excluding carboxylic acids is 2. The molecule has 1 atom stereocenters. The molecular weight excluding hydrogens is 426 g/mol. The Morgan fingerprint density at radius 1 is 0.971 bits per heavy atom. The van der Waals surface area contributed by atoms with Gasteiger partial charge in [-0.3, -0.25) is 19.5 Å². The van der Waals surface area contributed by atoms with Gasteiger partial charge in [0.05, 0.1) is 0 Å². The summed E-state index contributed by atoms with van der Waals surface area (Å²) in [7, 11) is 0. The third-order valence-corrected chi connectivity index (χ3v) is 6.15. The molecule has 2 amide bonds. The molecule has 34 heavy (non-hydrogen) atoms. The minimum atomic E-state index is -0.421. The smallest absolute Gasteiger partial charge is 0.255 e. The molecule has 2 heterocycles. The lowest BCUT2D eigenvalue weighted by Gasteiger charge is -2.32. The van der Waals surface area contributed by atoms with Gasteiger partial charge in [-0.25, -0.2) is 0 Å². The summed E-state index contributed by atoms with van der Waals surface area (Å²) in [6.45, 7) is 2.88. The summed E-state index contributed by atoms with van der Waals surface area (Å²) in [4.78, 5) is 31.3. The van der Waals surface area contributed by atoms with Crippen LogP contribution in [0.25, 0.3) is 0 Å². The average Bonchev–Trinajstić information content (AvgIpc) is 2.86. The number of pyridine rings is 1. The molecule has 1 fully saturated rings. The number of nitrogens with one attached hydrogen (secondary N) is 2. The number of anilines is 1. The van der Waals surface area contributed by atoms with Crippen LogP contribution in [-0.2, 0) is 11.3 Å². The molecular formula is C27H31N5O2. The number of benzene rings is 2. The summed E-state index contributed by atoms with van der Waals surface area (Å²) in [6.07, 6.45) is 5.34. The molecule has 176 valence electrons. The zero-order valence-corrected chi connectivity index (χ0v) is 19.2. The molecule has 3 aromatic rings. The minimum Gasteiger partial charge on any atom is -0.353 e. The molecule has 2 aromatic carbocycles. The third-order valence-electron chi connectivity index (χ3n) is 6.15. The van der Waals surface area contributed by atoms with Crippen LogP contribution in [0.4, 0.5) is 5.69 Å². The molecule has 0 bridgehead atoms. The fourth-order valence-corrected chi connectivity index (χ4v) is 4.20. The van der Waals surface area contributed by atoms with Crippen LogP contribution < -0.4 is 16.4 Å². The third kappa shape index (κ3) is 6.73. The first-order valence-electron chi connectivity index (χ1n) is 11.7. The van der Waals surface area contributed by atoms with E-state index in [2.05, 4.69) is 44.8 Å². The number of carbonyl (C=O) groups is 2. The number of likely N-dealkylation sites (tertiary alicyclic amines) is 1. The summed E-state index contributed by atoms with van der Waals surface area (Å²) < 4.78 is 0. The first-order chi connectivity index (χ1) is 16.6. The van der Waals surface area contributed by atoms with Gasteiger partial charge in [-0.1, -0.05) is 42.5 Å². The summed E-state index contributed by atoms with van der Waals surface area (Å²) in [5.41, 5.74) is 9.64. The molecule has 0 radical (unpaired) electrons. The van der Waals surface area contributed by atoms with E-state index >= 15 is 0 Å². The van der Waals surface area contributed by atoms with E-state index in [1.165, 1.54) is 5.56 Å². The van der Waals surface area contributed by atoms with Crippen molar-refractivity contribution in [2.45, 2.75) is 37.9 Å². The predicted octanol–water partition coefficient (Wildman–Crippen LogP) is 3.50. The Hall–Kier alpha value is -3.55. The van der Waals surface area contributed by atoms with Crippen molar-refractivity contribution in [3.8, 4) is 0 Å². The fraction of sp³-hybridized carbons (Fsp3) is 0.296. The number of piperidine rings is 1. The summed E-state index contributed by atoms with van der Waals surface area (Å²) >= 11 is 0. The van der Waals surface area contributed by atoms with Crippen LogP contribution in [0.1, 0.15) is 46.8 Å². The topological polar surface area (TPSA) is 100 Å². The van der Waals surface area contributed by atoms with Crippen LogP contribution in [0.5, 0.6) is 0 Å². The minimum absolute atomic E-state index is 0.0338. The van der Waals surface area contributed by atoms with Crippen LogP contribution in [0.15, 0.2) is 79.1 Å². The Morgan fingerprint density at radius 3 is 2.32 bits per heavy atom. The number of hydrogen-bond acceptors (Lipinski definition) is 5. The Kier molecular flexibility index (Phi) is 8.01. The second-order valence-corrected chi connectivity index (χ2v) is 8.73. The predicted molar refractivity (Wildman–Crippen MR) is 133 cm³/mol. The monoisotopic (exact) mass is 457 g/mol. The van der Waals surface area contributed by atoms with Gasteiger partial charge in [-0.05, 0) is 48.2 Å². The molecule has 1 saturated heterocycles. The molecule has 0 spiro atoms. The molecule has 7 heteroatoms. The number of rotatable bonds is 8. The highest BCUT2D eigenvalue weighted by Gasteiger charge is 2.22. The van der Waals surface area contributed by atoms with Gasteiger partial charge < -0.3 is 16.4 Å². The van der Waals surface area contributed by atoms with Gasteiger partial charge in [-0.15, -0.1) is 0 Å². The number of nitrogens with zero attached hydrogens (tertiary/aromatic N) is 2.